The van der Waals surface area contributed by atoms with E-state index in [9.17, 15) is 14.4 Å². The number of amides is 1. The van der Waals surface area contributed by atoms with Crippen molar-refractivity contribution in [3.63, 3.8) is 0 Å². The number of benzene rings is 1. The monoisotopic (exact) mass is 426 g/mol. The molecule has 30 heavy (non-hydrogen) atoms. The summed E-state index contributed by atoms with van der Waals surface area (Å²) < 4.78 is 6.63. The van der Waals surface area contributed by atoms with Gasteiger partial charge in [-0.15, -0.1) is 11.3 Å². The smallest absolute Gasteiger partial charge is 0.341 e. The SMILES string of the molecule is CCOC(=O)c1c(NC(=O)Cn2c(=O)cc(C)c3cc(C)cc(C)c32)sc(C)c1C. The zero-order valence-corrected chi connectivity index (χ0v) is 19.0. The predicted molar refractivity (Wildman–Crippen MR) is 121 cm³/mol. The molecule has 0 fully saturated rings. The highest BCUT2D eigenvalue weighted by atomic mass is 32.1. The number of hydrogen-bond donors (Lipinski definition) is 1. The lowest BCUT2D eigenvalue weighted by atomic mass is 10.0. The van der Waals surface area contributed by atoms with Crippen LogP contribution in [-0.2, 0) is 16.1 Å². The Balaban J connectivity index is 1.99. The fraction of sp³-hybridized carbons (Fsp3) is 0.348. The largest absolute Gasteiger partial charge is 0.462 e. The van der Waals surface area contributed by atoms with Gasteiger partial charge in [0.15, 0.2) is 0 Å². The fourth-order valence-corrected chi connectivity index (χ4v) is 4.77. The number of nitrogens with one attached hydrogen (secondary N) is 1. The maximum atomic E-state index is 12.9. The summed E-state index contributed by atoms with van der Waals surface area (Å²) in [5.74, 6) is -0.826. The molecule has 6 nitrogen and oxygen atoms in total. The van der Waals surface area contributed by atoms with Gasteiger partial charge in [-0.05, 0) is 64.3 Å². The number of ether oxygens (including phenoxy) is 1. The summed E-state index contributed by atoms with van der Waals surface area (Å²) in [7, 11) is 0. The van der Waals surface area contributed by atoms with Crippen LogP contribution in [0.1, 0.15) is 44.4 Å². The molecule has 0 aliphatic carbocycles. The van der Waals surface area contributed by atoms with Crippen LogP contribution in [0.2, 0.25) is 0 Å². The predicted octanol–water partition coefficient (Wildman–Crippen LogP) is 4.42. The quantitative estimate of drug-likeness (QED) is 0.613. The van der Waals surface area contributed by atoms with Crippen LogP contribution in [0.5, 0.6) is 0 Å². The van der Waals surface area contributed by atoms with Crippen molar-refractivity contribution < 1.29 is 14.3 Å². The molecule has 1 amide bonds. The highest BCUT2D eigenvalue weighted by molar-refractivity contribution is 7.16. The first-order chi connectivity index (χ1) is 14.1. The van der Waals surface area contributed by atoms with Gasteiger partial charge in [-0.3, -0.25) is 14.2 Å². The summed E-state index contributed by atoms with van der Waals surface area (Å²) >= 11 is 1.33. The molecule has 0 bridgehead atoms. The molecule has 2 aromatic heterocycles. The maximum absolute atomic E-state index is 12.9. The standard InChI is InChI=1S/C23H26N2O4S/c1-7-29-23(28)20-15(5)16(6)30-22(20)24-18(26)11-25-19(27)10-13(3)17-9-12(2)8-14(4)21(17)25/h8-10H,7,11H2,1-6H3,(H,24,26). The maximum Gasteiger partial charge on any atom is 0.341 e. The number of fused-ring (bicyclic) bond motifs is 1. The lowest BCUT2D eigenvalue weighted by Gasteiger charge is -2.15. The van der Waals surface area contributed by atoms with Crippen LogP contribution >= 0.6 is 11.3 Å². The van der Waals surface area contributed by atoms with Crippen molar-refractivity contribution >= 4 is 39.1 Å². The highest BCUT2D eigenvalue weighted by Crippen LogP contribution is 2.33. The number of nitrogens with zero attached hydrogens (tertiary/aromatic N) is 1. The first-order valence-electron chi connectivity index (χ1n) is 9.82. The Hall–Kier alpha value is -2.93. The topological polar surface area (TPSA) is 77.4 Å². The van der Waals surface area contributed by atoms with Gasteiger partial charge in [0.25, 0.3) is 5.56 Å². The van der Waals surface area contributed by atoms with Gasteiger partial charge >= 0.3 is 5.97 Å². The van der Waals surface area contributed by atoms with Gasteiger partial charge in [0.2, 0.25) is 5.91 Å². The van der Waals surface area contributed by atoms with Gasteiger partial charge in [0.05, 0.1) is 17.7 Å². The third-order valence-corrected chi connectivity index (χ3v) is 6.29. The summed E-state index contributed by atoms with van der Waals surface area (Å²) in [6.45, 7) is 11.4. The Labute approximate surface area is 179 Å². The minimum absolute atomic E-state index is 0.141. The fourth-order valence-electron chi connectivity index (χ4n) is 3.70. The van der Waals surface area contributed by atoms with Crippen molar-refractivity contribution in [2.24, 2.45) is 0 Å². The van der Waals surface area contributed by atoms with Crippen LogP contribution in [0.4, 0.5) is 5.00 Å². The van der Waals surface area contributed by atoms with E-state index >= 15 is 0 Å². The Morgan fingerprint density at radius 2 is 1.77 bits per heavy atom. The van der Waals surface area contributed by atoms with Gasteiger partial charge in [0, 0.05) is 16.3 Å². The third kappa shape index (κ3) is 4.03. The number of aromatic nitrogens is 1. The summed E-state index contributed by atoms with van der Waals surface area (Å²) in [4.78, 5) is 38.9. The second kappa shape index (κ2) is 8.44. The second-order valence-electron chi connectivity index (χ2n) is 7.49. The molecule has 0 atom stereocenters. The van der Waals surface area contributed by atoms with Crippen molar-refractivity contribution in [2.45, 2.75) is 48.1 Å². The van der Waals surface area contributed by atoms with Gasteiger partial charge in [0.1, 0.15) is 11.5 Å². The molecule has 0 saturated carbocycles. The molecule has 7 heteroatoms. The van der Waals surface area contributed by atoms with Crippen LogP contribution < -0.4 is 10.9 Å². The van der Waals surface area contributed by atoms with E-state index in [0.717, 1.165) is 38.0 Å². The summed E-state index contributed by atoms with van der Waals surface area (Å²) in [5, 5.41) is 4.22. The Kier molecular flexibility index (Phi) is 6.12. The average molecular weight is 427 g/mol. The van der Waals surface area contributed by atoms with Crippen LogP contribution in [0, 0.1) is 34.6 Å². The van der Waals surface area contributed by atoms with E-state index in [2.05, 4.69) is 5.32 Å². The summed E-state index contributed by atoms with van der Waals surface area (Å²) in [6, 6.07) is 5.58. The molecule has 0 aliphatic heterocycles. The molecule has 3 aromatic rings. The molecule has 0 unspecified atom stereocenters. The number of aryl methyl sites for hydroxylation is 4. The molecule has 1 aromatic carbocycles. The molecule has 158 valence electrons. The Bertz CT molecular complexity index is 1220. The third-order valence-electron chi connectivity index (χ3n) is 5.17. The number of anilines is 1. The molecule has 2 heterocycles. The molecular formula is C23H26N2O4S. The zero-order chi connectivity index (χ0) is 22.2. The summed E-state index contributed by atoms with van der Waals surface area (Å²) in [5.41, 5.74) is 4.61. The molecule has 0 saturated heterocycles. The molecule has 0 radical (unpaired) electrons. The number of carbonyl (C=O) groups excluding carboxylic acids is 2. The zero-order valence-electron chi connectivity index (χ0n) is 18.1. The van der Waals surface area contributed by atoms with Crippen molar-refractivity contribution in [1.29, 1.82) is 0 Å². The van der Waals surface area contributed by atoms with E-state index < -0.39 is 5.97 Å². The van der Waals surface area contributed by atoms with Crippen LogP contribution in [0.15, 0.2) is 23.0 Å². The minimum Gasteiger partial charge on any atom is -0.462 e. The van der Waals surface area contributed by atoms with E-state index in [0.29, 0.717) is 10.6 Å². The van der Waals surface area contributed by atoms with E-state index in [-0.39, 0.29) is 24.6 Å². The van der Waals surface area contributed by atoms with E-state index in [4.69, 9.17) is 4.74 Å². The van der Waals surface area contributed by atoms with Gasteiger partial charge in [-0.2, -0.15) is 0 Å². The highest BCUT2D eigenvalue weighted by Gasteiger charge is 2.22. The number of rotatable bonds is 5. The van der Waals surface area contributed by atoms with Gasteiger partial charge < -0.3 is 10.1 Å². The van der Waals surface area contributed by atoms with Crippen LogP contribution in [0.3, 0.4) is 0 Å². The van der Waals surface area contributed by atoms with E-state index in [1.165, 1.54) is 15.9 Å². The van der Waals surface area contributed by atoms with Gasteiger partial charge in [-0.25, -0.2) is 4.79 Å². The molecule has 0 aliphatic rings. The van der Waals surface area contributed by atoms with Gasteiger partial charge in [-0.1, -0.05) is 11.6 Å². The van der Waals surface area contributed by atoms with Crippen LogP contribution in [0.25, 0.3) is 10.9 Å². The lowest BCUT2D eigenvalue weighted by Crippen LogP contribution is -2.28. The number of carbonyl (C=O) groups is 2. The first kappa shape index (κ1) is 21.8. The number of pyridine rings is 1. The average Bonchev–Trinajstić information content (AvgIpc) is 2.92. The molecule has 1 N–H and O–H groups in total. The van der Waals surface area contributed by atoms with E-state index in [1.807, 2.05) is 46.8 Å². The lowest BCUT2D eigenvalue weighted by molar-refractivity contribution is -0.116. The first-order valence-corrected chi connectivity index (χ1v) is 10.6. The Morgan fingerprint density at radius 3 is 2.43 bits per heavy atom. The number of hydrogen-bond acceptors (Lipinski definition) is 5. The van der Waals surface area contributed by atoms with Crippen molar-refractivity contribution in [3.05, 3.63) is 61.2 Å². The van der Waals surface area contributed by atoms with Crippen molar-refractivity contribution in [1.82, 2.24) is 4.57 Å². The van der Waals surface area contributed by atoms with Crippen molar-refractivity contribution in [2.75, 3.05) is 11.9 Å². The van der Waals surface area contributed by atoms with Crippen molar-refractivity contribution in [3.8, 4) is 0 Å². The summed E-state index contributed by atoms with van der Waals surface area (Å²) in [6.07, 6.45) is 0. The second-order valence-corrected chi connectivity index (χ2v) is 8.71. The molecule has 3 rings (SSSR count). The number of thiophene rings is 1. The van der Waals surface area contributed by atoms with Crippen LogP contribution in [-0.4, -0.2) is 23.1 Å². The minimum atomic E-state index is -0.459. The normalized spacial score (nSPS) is 11.0. The Morgan fingerprint density at radius 1 is 1.07 bits per heavy atom. The molecular weight excluding hydrogens is 400 g/mol. The molecule has 0 spiro atoms. The number of esters is 1. The van der Waals surface area contributed by atoms with E-state index in [1.54, 1.807) is 13.0 Å².